The van der Waals surface area contributed by atoms with Gasteiger partial charge in [0.25, 0.3) is 0 Å². The van der Waals surface area contributed by atoms with Crippen LogP contribution in [0.1, 0.15) is 31.0 Å². The van der Waals surface area contributed by atoms with Crippen LogP contribution in [0.4, 0.5) is 0 Å². The van der Waals surface area contributed by atoms with Gasteiger partial charge in [0.15, 0.2) is 0 Å². The van der Waals surface area contributed by atoms with E-state index in [4.69, 9.17) is 4.98 Å². The second-order valence-corrected chi connectivity index (χ2v) is 7.45. The first-order valence-corrected chi connectivity index (χ1v) is 10.0. The van der Waals surface area contributed by atoms with E-state index in [0.29, 0.717) is 6.04 Å². The molecular weight excluding hydrogens is 332 g/mol. The third-order valence-corrected chi connectivity index (χ3v) is 5.54. The van der Waals surface area contributed by atoms with E-state index in [2.05, 4.69) is 64.2 Å². The molecule has 140 valence electrons. The van der Waals surface area contributed by atoms with Gasteiger partial charge < -0.3 is 0 Å². The molecular formula is C23H28N4. The highest BCUT2D eigenvalue weighted by Crippen LogP contribution is 2.20. The fourth-order valence-electron chi connectivity index (χ4n) is 4.18. The summed E-state index contributed by atoms with van der Waals surface area (Å²) in [5.74, 6) is 0. The smallest absolute Gasteiger partial charge is 0.0705 e. The zero-order valence-corrected chi connectivity index (χ0v) is 16.1. The van der Waals surface area contributed by atoms with Crippen LogP contribution in [-0.2, 0) is 13.1 Å². The molecule has 0 unspecified atom stereocenters. The minimum absolute atomic E-state index is 0.645. The van der Waals surface area contributed by atoms with E-state index in [9.17, 15) is 0 Å². The Morgan fingerprint density at radius 3 is 2.85 bits per heavy atom. The topological polar surface area (TPSA) is 32.3 Å². The molecule has 0 spiro atoms. The molecule has 4 rings (SSSR count). The molecule has 1 aromatic carbocycles. The Morgan fingerprint density at radius 1 is 1.07 bits per heavy atom. The Bertz CT molecular complexity index is 864. The highest BCUT2D eigenvalue weighted by molar-refractivity contribution is 5.78. The van der Waals surface area contributed by atoms with Crippen molar-refractivity contribution < 1.29 is 0 Å². The number of rotatable bonds is 7. The summed E-state index contributed by atoms with van der Waals surface area (Å²) in [6.07, 6.45) is 6.43. The molecule has 0 aliphatic carbocycles. The van der Waals surface area contributed by atoms with E-state index in [-0.39, 0.29) is 0 Å². The van der Waals surface area contributed by atoms with Crippen molar-refractivity contribution in [3.63, 3.8) is 0 Å². The van der Waals surface area contributed by atoms with Crippen LogP contribution in [0.3, 0.4) is 0 Å². The predicted molar refractivity (Wildman–Crippen MR) is 110 cm³/mol. The maximum absolute atomic E-state index is 4.90. The summed E-state index contributed by atoms with van der Waals surface area (Å²) < 4.78 is 0. The largest absolute Gasteiger partial charge is 0.299 e. The van der Waals surface area contributed by atoms with E-state index in [0.717, 1.165) is 37.4 Å². The molecule has 0 N–H and O–H groups in total. The number of para-hydroxylation sites is 1. The van der Waals surface area contributed by atoms with E-state index >= 15 is 0 Å². The van der Waals surface area contributed by atoms with Crippen molar-refractivity contribution in [2.75, 3.05) is 19.6 Å². The van der Waals surface area contributed by atoms with E-state index < -0.39 is 0 Å². The van der Waals surface area contributed by atoms with Gasteiger partial charge in [-0.3, -0.25) is 19.8 Å². The number of benzene rings is 1. The van der Waals surface area contributed by atoms with Gasteiger partial charge in [0.05, 0.1) is 11.2 Å². The first-order chi connectivity index (χ1) is 13.3. The number of fused-ring (bicyclic) bond motifs is 1. The molecule has 0 radical (unpaired) electrons. The van der Waals surface area contributed by atoms with Gasteiger partial charge >= 0.3 is 0 Å². The molecule has 4 nitrogen and oxygen atoms in total. The van der Waals surface area contributed by atoms with Crippen LogP contribution >= 0.6 is 0 Å². The van der Waals surface area contributed by atoms with Crippen LogP contribution in [0.2, 0.25) is 0 Å². The molecule has 0 bridgehead atoms. The Balaban J connectivity index is 1.54. The zero-order valence-electron chi connectivity index (χ0n) is 16.1. The number of pyridine rings is 2. The lowest BCUT2D eigenvalue weighted by Crippen LogP contribution is -2.39. The maximum atomic E-state index is 4.90. The molecule has 2 aromatic heterocycles. The lowest BCUT2D eigenvalue weighted by Gasteiger charge is -2.30. The summed E-state index contributed by atoms with van der Waals surface area (Å²) in [5.41, 5.74) is 3.48. The second-order valence-electron chi connectivity index (χ2n) is 7.45. The van der Waals surface area contributed by atoms with Crippen molar-refractivity contribution in [3.05, 3.63) is 72.2 Å². The Kier molecular flexibility index (Phi) is 5.75. The first-order valence-electron chi connectivity index (χ1n) is 10.0. The Hall–Kier alpha value is -2.30. The van der Waals surface area contributed by atoms with Crippen LogP contribution in [-0.4, -0.2) is 45.4 Å². The molecule has 1 aliphatic heterocycles. The minimum atomic E-state index is 0.645. The van der Waals surface area contributed by atoms with Crippen LogP contribution in [0.25, 0.3) is 10.9 Å². The maximum Gasteiger partial charge on any atom is 0.0705 e. The molecule has 27 heavy (non-hydrogen) atoms. The van der Waals surface area contributed by atoms with Gasteiger partial charge in [-0.1, -0.05) is 37.3 Å². The third kappa shape index (κ3) is 4.52. The molecule has 1 saturated heterocycles. The van der Waals surface area contributed by atoms with Crippen molar-refractivity contribution in [2.24, 2.45) is 0 Å². The van der Waals surface area contributed by atoms with Gasteiger partial charge in [-0.2, -0.15) is 0 Å². The van der Waals surface area contributed by atoms with E-state index in [1.54, 1.807) is 0 Å². The summed E-state index contributed by atoms with van der Waals surface area (Å²) in [7, 11) is 0. The van der Waals surface area contributed by atoms with Crippen LogP contribution in [0.5, 0.6) is 0 Å². The molecule has 1 fully saturated rings. The number of nitrogens with zero attached hydrogens (tertiary/aromatic N) is 4. The van der Waals surface area contributed by atoms with Gasteiger partial charge in [-0.05, 0) is 49.7 Å². The van der Waals surface area contributed by atoms with Gasteiger partial charge in [0, 0.05) is 43.5 Å². The summed E-state index contributed by atoms with van der Waals surface area (Å²) in [4.78, 5) is 14.3. The molecule has 4 heteroatoms. The highest BCUT2D eigenvalue weighted by atomic mass is 15.2. The average Bonchev–Trinajstić information content (AvgIpc) is 3.16. The minimum Gasteiger partial charge on any atom is -0.299 e. The quantitative estimate of drug-likeness (QED) is 0.634. The fourth-order valence-corrected chi connectivity index (χ4v) is 4.18. The highest BCUT2D eigenvalue weighted by Gasteiger charge is 2.25. The first kappa shape index (κ1) is 18.1. The molecule has 3 aromatic rings. The van der Waals surface area contributed by atoms with E-state index in [1.807, 2.05) is 18.5 Å². The normalized spacial score (nSPS) is 17.8. The third-order valence-electron chi connectivity index (χ3n) is 5.54. The van der Waals surface area contributed by atoms with Crippen LogP contribution in [0.15, 0.2) is 60.9 Å². The van der Waals surface area contributed by atoms with Crippen molar-refractivity contribution in [1.29, 1.82) is 0 Å². The standard InChI is InChI=1S/C23H28N4/c1-2-27-14-6-9-22(27)18-26(16-19-7-5-13-24-15-19)17-21-12-11-20-8-3-4-10-23(20)25-21/h3-5,7-8,10-13,15,22H,2,6,9,14,16-18H2,1H3/t22-/m1/s1. The van der Waals surface area contributed by atoms with Crippen molar-refractivity contribution in [3.8, 4) is 0 Å². The lowest BCUT2D eigenvalue weighted by molar-refractivity contribution is 0.165. The van der Waals surface area contributed by atoms with Gasteiger partial charge in [-0.15, -0.1) is 0 Å². The number of hydrogen-bond acceptors (Lipinski definition) is 4. The Labute approximate surface area is 161 Å². The summed E-state index contributed by atoms with van der Waals surface area (Å²) >= 11 is 0. The van der Waals surface area contributed by atoms with Gasteiger partial charge in [0.2, 0.25) is 0 Å². The second kappa shape index (κ2) is 8.59. The molecule has 0 amide bonds. The lowest BCUT2D eigenvalue weighted by atomic mass is 10.1. The number of likely N-dealkylation sites (tertiary alicyclic amines) is 1. The Morgan fingerprint density at radius 2 is 2.00 bits per heavy atom. The molecule has 1 atom stereocenters. The predicted octanol–water partition coefficient (Wildman–Crippen LogP) is 4.12. The van der Waals surface area contributed by atoms with Crippen molar-refractivity contribution in [2.45, 2.75) is 38.9 Å². The van der Waals surface area contributed by atoms with Crippen LogP contribution < -0.4 is 0 Å². The molecule has 0 saturated carbocycles. The monoisotopic (exact) mass is 360 g/mol. The van der Waals surface area contributed by atoms with Crippen LogP contribution in [0, 0.1) is 0 Å². The summed E-state index contributed by atoms with van der Waals surface area (Å²) in [5, 5.41) is 1.20. The molecule has 3 heterocycles. The molecule has 1 aliphatic rings. The van der Waals surface area contributed by atoms with Crippen molar-refractivity contribution in [1.82, 2.24) is 19.8 Å². The summed E-state index contributed by atoms with van der Waals surface area (Å²) in [6.45, 7) is 7.51. The summed E-state index contributed by atoms with van der Waals surface area (Å²) in [6, 6.07) is 17.5. The fraction of sp³-hybridized carbons (Fsp3) is 0.391. The number of aromatic nitrogens is 2. The average molecular weight is 361 g/mol. The van der Waals surface area contributed by atoms with Gasteiger partial charge in [0.1, 0.15) is 0 Å². The SMILES string of the molecule is CCN1CCC[C@@H]1CN(Cc1cccnc1)Cc1ccc2ccccc2n1. The number of likely N-dealkylation sites (N-methyl/N-ethyl adjacent to an activating group) is 1. The van der Waals surface area contributed by atoms with Crippen molar-refractivity contribution >= 4 is 10.9 Å². The van der Waals surface area contributed by atoms with E-state index in [1.165, 1.54) is 30.3 Å². The van der Waals surface area contributed by atoms with Gasteiger partial charge in [-0.25, -0.2) is 0 Å². The zero-order chi connectivity index (χ0) is 18.5. The number of hydrogen-bond donors (Lipinski definition) is 0.